The molecule has 0 aliphatic carbocycles. The molecule has 2 heterocycles. The number of nitrogens with one attached hydrogen (secondary N) is 1. The molecular formula is C9H10N4S2. The average molecular weight is 238 g/mol. The van der Waals surface area contributed by atoms with Crippen molar-refractivity contribution in [2.45, 2.75) is 13.8 Å². The van der Waals surface area contributed by atoms with Crippen molar-refractivity contribution in [2.75, 3.05) is 5.73 Å². The molecule has 0 radical (unpaired) electrons. The highest BCUT2D eigenvalue weighted by molar-refractivity contribution is 7.71. The van der Waals surface area contributed by atoms with E-state index in [0.29, 0.717) is 11.8 Å². The second-order valence-electron chi connectivity index (χ2n) is 3.21. The Kier molecular flexibility index (Phi) is 2.54. The fourth-order valence-electron chi connectivity index (χ4n) is 1.21. The lowest BCUT2D eigenvalue weighted by Crippen LogP contribution is -1.98. The van der Waals surface area contributed by atoms with Crippen molar-refractivity contribution < 1.29 is 0 Å². The van der Waals surface area contributed by atoms with Crippen LogP contribution in [0.1, 0.15) is 10.4 Å². The van der Waals surface area contributed by atoms with Crippen molar-refractivity contribution in [1.82, 2.24) is 15.0 Å². The number of H-pyrrole nitrogens is 1. The number of nitrogens with two attached hydrogens (primary N) is 1. The number of nitrogen functional groups attached to an aromatic ring is 1. The lowest BCUT2D eigenvalue weighted by atomic mass is 10.3. The molecule has 0 aromatic carbocycles. The summed E-state index contributed by atoms with van der Waals surface area (Å²) in [7, 11) is 0. The molecule has 2 aromatic rings. The first-order chi connectivity index (χ1) is 7.06. The maximum atomic E-state index is 5.57. The van der Waals surface area contributed by atoms with Gasteiger partial charge in [-0.1, -0.05) is 0 Å². The number of thiophene rings is 1. The van der Waals surface area contributed by atoms with Crippen LogP contribution < -0.4 is 5.73 Å². The first-order valence-corrected chi connectivity index (χ1v) is 5.60. The van der Waals surface area contributed by atoms with Gasteiger partial charge in [-0.2, -0.15) is 9.97 Å². The minimum absolute atomic E-state index is 0.268. The summed E-state index contributed by atoms with van der Waals surface area (Å²) in [4.78, 5) is 13.2. The van der Waals surface area contributed by atoms with Gasteiger partial charge in [-0.15, -0.1) is 11.3 Å². The summed E-state index contributed by atoms with van der Waals surface area (Å²) in [6, 6.07) is 2.06. The van der Waals surface area contributed by atoms with Gasteiger partial charge in [0.25, 0.3) is 0 Å². The van der Waals surface area contributed by atoms with Crippen LogP contribution in [0.15, 0.2) is 6.07 Å². The molecule has 0 unspecified atom stereocenters. The lowest BCUT2D eigenvalue weighted by Gasteiger charge is -1.97. The predicted molar refractivity (Wildman–Crippen MR) is 64.4 cm³/mol. The molecule has 0 aliphatic heterocycles. The number of aromatic nitrogens is 3. The number of aromatic amines is 1. The first kappa shape index (κ1) is 10.3. The molecule has 0 amide bonds. The molecule has 0 saturated heterocycles. The molecule has 3 N–H and O–H groups in total. The number of aryl methyl sites for hydroxylation is 2. The van der Waals surface area contributed by atoms with Crippen molar-refractivity contribution in [3.05, 3.63) is 21.3 Å². The Bertz CT molecular complexity index is 536. The highest BCUT2D eigenvalue weighted by Gasteiger charge is 2.06. The first-order valence-electron chi connectivity index (χ1n) is 4.37. The SMILES string of the molecule is Cc1cc(-c2nc(=S)nc(N)[nH]2)sc1C. The number of hydrogen-bond acceptors (Lipinski definition) is 5. The predicted octanol–water partition coefficient (Wildman–Crippen LogP) is 2.46. The van der Waals surface area contributed by atoms with Gasteiger partial charge in [0, 0.05) is 4.88 Å². The van der Waals surface area contributed by atoms with Crippen LogP contribution in [0, 0.1) is 18.6 Å². The Morgan fingerprint density at radius 3 is 2.67 bits per heavy atom. The second-order valence-corrected chi connectivity index (χ2v) is 4.84. The molecule has 6 heteroatoms. The Hall–Kier alpha value is -1.27. The van der Waals surface area contributed by atoms with Crippen molar-refractivity contribution in [2.24, 2.45) is 0 Å². The molecule has 2 aromatic heterocycles. The zero-order valence-corrected chi connectivity index (χ0v) is 10.00. The molecule has 0 aliphatic rings. The molecule has 15 heavy (non-hydrogen) atoms. The van der Waals surface area contributed by atoms with Crippen molar-refractivity contribution in [3.63, 3.8) is 0 Å². The normalized spacial score (nSPS) is 10.5. The molecule has 4 nitrogen and oxygen atoms in total. The van der Waals surface area contributed by atoms with E-state index in [4.69, 9.17) is 18.0 Å². The zero-order chi connectivity index (χ0) is 11.0. The third-order valence-electron chi connectivity index (χ3n) is 2.07. The second kappa shape index (κ2) is 3.71. The van der Waals surface area contributed by atoms with Crippen LogP contribution in [0.2, 0.25) is 0 Å². The van der Waals surface area contributed by atoms with Gasteiger partial charge < -0.3 is 10.7 Å². The van der Waals surface area contributed by atoms with Crippen LogP contribution in [-0.4, -0.2) is 15.0 Å². The molecule has 0 fully saturated rings. The van der Waals surface area contributed by atoms with E-state index in [1.165, 1.54) is 10.4 Å². The molecule has 78 valence electrons. The van der Waals surface area contributed by atoms with E-state index in [9.17, 15) is 0 Å². The summed E-state index contributed by atoms with van der Waals surface area (Å²) in [5.74, 6) is 0.988. The minimum atomic E-state index is 0.268. The molecule has 0 spiro atoms. The lowest BCUT2D eigenvalue weighted by molar-refractivity contribution is 1.05. The van der Waals surface area contributed by atoms with E-state index in [0.717, 1.165) is 4.88 Å². The minimum Gasteiger partial charge on any atom is -0.369 e. The van der Waals surface area contributed by atoms with Gasteiger partial charge in [-0.25, -0.2) is 0 Å². The van der Waals surface area contributed by atoms with Crippen LogP contribution in [-0.2, 0) is 0 Å². The van der Waals surface area contributed by atoms with Crippen molar-refractivity contribution >= 4 is 29.5 Å². The van der Waals surface area contributed by atoms with Crippen LogP contribution in [0.25, 0.3) is 10.7 Å². The maximum Gasteiger partial charge on any atom is 0.224 e. The van der Waals surface area contributed by atoms with E-state index in [1.807, 2.05) is 0 Å². The molecule has 0 saturated carbocycles. The van der Waals surface area contributed by atoms with Gasteiger partial charge in [-0.05, 0) is 37.7 Å². The highest BCUT2D eigenvalue weighted by atomic mass is 32.1. The summed E-state index contributed by atoms with van der Waals surface area (Å²) in [5, 5.41) is 0. The van der Waals surface area contributed by atoms with Crippen LogP contribution >= 0.6 is 23.6 Å². The van der Waals surface area contributed by atoms with Gasteiger partial charge >= 0.3 is 0 Å². The van der Waals surface area contributed by atoms with E-state index in [2.05, 4.69) is 34.9 Å². The third-order valence-corrected chi connectivity index (χ3v) is 3.41. The van der Waals surface area contributed by atoms with Gasteiger partial charge in [0.2, 0.25) is 10.7 Å². The van der Waals surface area contributed by atoms with Crippen LogP contribution in [0.4, 0.5) is 5.95 Å². The zero-order valence-electron chi connectivity index (χ0n) is 8.37. The number of hydrogen-bond donors (Lipinski definition) is 2. The third kappa shape index (κ3) is 2.05. The van der Waals surface area contributed by atoms with Crippen molar-refractivity contribution in [1.29, 1.82) is 0 Å². The maximum absolute atomic E-state index is 5.57. The quantitative estimate of drug-likeness (QED) is 0.749. The average Bonchev–Trinajstić information content (AvgIpc) is 2.45. The fourth-order valence-corrected chi connectivity index (χ4v) is 2.38. The monoisotopic (exact) mass is 238 g/mol. The largest absolute Gasteiger partial charge is 0.369 e. The summed E-state index contributed by atoms with van der Waals surface area (Å²) < 4.78 is 0.268. The fraction of sp³-hybridized carbons (Fsp3) is 0.222. The molecule has 0 bridgehead atoms. The van der Waals surface area contributed by atoms with Crippen molar-refractivity contribution in [3.8, 4) is 10.7 Å². The smallest absolute Gasteiger partial charge is 0.224 e. The summed E-state index contributed by atoms with van der Waals surface area (Å²) in [6.45, 7) is 4.14. The Labute approximate surface area is 96.2 Å². The summed E-state index contributed by atoms with van der Waals surface area (Å²) in [6.07, 6.45) is 0. The van der Waals surface area contributed by atoms with Gasteiger partial charge in [-0.3, -0.25) is 0 Å². The van der Waals surface area contributed by atoms with Crippen LogP contribution in [0.5, 0.6) is 0 Å². The van der Waals surface area contributed by atoms with Crippen LogP contribution in [0.3, 0.4) is 0 Å². The summed E-state index contributed by atoms with van der Waals surface area (Å²) >= 11 is 6.57. The number of anilines is 1. The van der Waals surface area contributed by atoms with Gasteiger partial charge in [0.15, 0.2) is 5.82 Å². The standard InChI is InChI=1S/C9H10N4S2/c1-4-3-6(15-5(4)2)7-11-8(10)13-9(14)12-7/h3H,1-2H3,(H3,10,11,12,13,14). The van der Waals surface area contributed by atoms with E-state index >= 15 is 0 Å². The number of nitrogens with zero attached hydrogens (tertiary/aromatic N) is 2. The Balaban J connectivity index is 2.58. The van der Waals surface area contributed by atoms with Gasteiger partial charge in [0.1, 0.15) is 0 Å². The number of rotatable bonds is 1. The molecule has 2 rings (SSSR count). The molecular weight excluding hydrogens is 228 g/mol. The topological polar surface area (TPSA) is 67.6 Å². The molecule has 0 atom stereocenters. The highest BCUT2D eigenvalue weighted by Crippen LogP contribution is 2.28. The van der Waals surface area contributed by atoms with E-state index in [1.54, 1.807) is 11.3 Å². The summed E-state index contributed by atoms with van der Waals surface area (Å²) in [5.41, 5.74) is 6.82. The van der Waals surface area contributed by atoms with E-state index < -0.39 is 0 Å². The Morgan fingerprint density at radius 2 is 2.13 bits per heavy atom. The van der Waals surface area contributed by atoms with E-state index in [-0.39, 0.29) is 4.77 Å². The Morgan fingerprint density at radius 1 is 1.40 bits per heavy atom. The van der Waals surface area contributed by atoms with Gasteiger partial charge in [0.05, 0.1) is 4.88 Å².